The lowest BCUT2D eigenvalue weighted by Crippen LogP contribution is -2.64. The number of carbonyl (C=O) groups excluding carboxylic acids is 1. The number of rotatable bonds is 5. The van der Waals surface area contributed by atoms with Gasteiger partial charge in [0.2, 0.25) is 0 Å². The van der Waals surface area contributed by atoms with Crippen molar-refractivity contribution in [1.29, 1.82) is 0 Å². The van der Waals surface area contributed by atoms with E-state index in [4.69, 9.17) is 24.1 Å². The third-order valence-electron chi connectivity index (χ3n) is 4.26. The maximum absolute atomic E-state index is 11.1. The van der Waals surface area contributed by atoms with Crippen LogP contribution >= 0.6 is 0 Å². The molecule has 2 aliphatic heterocycles. The second kappa shape index (κ2) is 8.84. The zero-order valence-corrected chi connectivity index (χ0v) is 13.9. The fourth-order valence-electron chi connectivity index (χ4n) is 2.88. The number of esters is 1. The van der Waals surface area contributed by atoms with Gasteiger partial charge in [-0.15, -0.1) is 0 Å². The van der Waals surface area contributed by atoms with Gasteiger partial charge in [-0.2, -0.15) is 0 Å². The molecule has 12 nitrogen and oxygen atoms in total. The number of ether oxygens (including phenoxy) is 4. The lowest BCUT2D eigenvalue weighted by Gasteiger charge is -2.45. The molecule has 152 valence electrons. The Labute approximate surface area is 148 Å². The summed E-state index contributed by atoms with van der Waals surface area (Å²) in [5.74, 6) is -0.771. The predicted octanol–water partition coefficient (Wildman–Crippen LogP) is -4.83. The monoisotopic (exact) mass is 384 g/mol. The summed E-state index contributed by atoms with van der Waals surface area (Å²) in [6.45, 7) is -0.288. The SMILES string of the molecule is CC(=O)O[C@@H]1C(CO)O[C@@H](OC2C(O)[C@H](O)C(CO)O[C@H]2O)C(O)C1O. The minimum absolute atomic E-state index is 0.667. The molecule has 2 fully saturated rings. The van der Waals surface area contributed by atoms with Gasteiger partial charge in [-0.3, -0.25) is 4.79 Å². The van der Waals surface area contributed by atoms with Crippen LogP contribution in [0.3, 0.4) is 0 Å². The average Bonchev–Trinajstić information content (AvgIpc) is 2.60. The van der Waals surface area contributed by atoms with E-state index in [2.05, 4.69) is 0 Å². The molecule has 0 spiro atoms. The summed E-state index contributed by atoms with van der Waals surface area (Å²) in [4.78, 5) is 11.1. The van der Waals surface area contributed by atoms with Gasteiger partial charge in [-0.25, -0.2) is 0 Å². The van der Waals surface area contributed by atoms with E-state index in [0.717, 1.165) is 6.92 Å². The van der Waals surface area contributed by atoms with Gasteiger partial charge in [0, 0.05) is 6.92 Å². The summed E-state index contributed by atoms with van der Waals surface area (Å²) in [5.41, 5.74) is 0. The van der Waals surface area contributed by atoms with Crippen LogP contribution in [0.15, 0.2) is 0 Å². The Morgan fingerprint density at radius 1 is 0.846 bits per heavy atom. The van der Waals surface area contributed by atoms with Crippen molar-refractivity contribution in [3.05, 3.63) is 0 Å². The highest BCUT2D eigenvalue weighted by atomic mass is 16.7. The van der Waals surface area contributed by atoms with Crippen LogP contribution in [-0.4, -0.2) is 116 Å². The van der Waals surface area contributed by atoms with E-state index < -0.39 is 80.6 Å². The highest BCUT2D eigenvalue weighted by Gasteiger charge is 2.51. The van der Waals surface area contributed by atoms with Gasteiger partial charge in [0.15, 0.2) is 18.7 Å². The Hall–Kier alpha value is -0.930. The van der Waals surface area contributed by atoms with Crippen molar-refractivity contribution in [3.8, 4) is 0 Å². The molecule has 26 heavy (non-hydrogen) atoms. The molecule has 0 aliphatic carbocycles. The molecule has 2 aliphatic rings. The van der Waals surface area contributed by atoms with Gasteiger partial charge >= 0.3 is 5.97 Å². The summed E-state index contributed by atoms with van der Waals surface area (Å²) < 4.78 is 20.2. The molecule has 0 radical (unpaired) electrons. The highest BCUT2D eigenvalue weighted by molar-refractivity contribution is 5.66. The van der Waals surface area contributed by atoms with Crippen LogP contribution < -0.4 is 0 Å². The number of aliphatic hydroxyl groups is 7. The van der Waals surface area contributed by atoms with Gasteiger partial charge in [-0.1, -0.05) is 0 Å². The van der Waals surface area contributed by atoms with Crippen molar-refractivity contribution in [3.63, 3.8) is 0 Å². The Balaban J connectivity index is 2.10. The van der Waals surface area contributed by atoms with Crippen LogP contribution in [-0.2, 0) is 23.7 Å². The second-order valence-electron chi connectivity index (χ2n) is 6.11. The maximum atomic E-state index is 11.1. The van der Waals surface area contributed by atoms with Gasteiger partial charge in [0.25, 0.3) is 0 Å². The molecule has 0 bridgehead atoms. The summed E-state index contributed by atoms with van der Waals surface area (Å²) in [7, 11) is 0. The summed E-state index contributed by atoms with van der Waals surface area (Å²) in [6.07, 6.45) is -15.7. The second-order valence-corrected chi connectivity index (χ2v) is 6.11. The Kier molecular flexibility index (Phi) is 7.27. The highest BCUT2D eigenvalue weighted by Crippen LogP contribution is 2.29. The average molecular weight is 384 g/mol. The summed E-state index contributed by atoms with van der Waals surface area (Å²) in [5, 5.41) is 68.4. The smallest absolute Gasteiger partial charge is 0.303 e. The van der Waals surface area contributed by atoms with Gasteiger partial charge in [0.05, 0.1) is 13.2 Å². The lowest BCUT2D eigenvalue weighted by molar-refractivity contribution is -0.362. The lowest BCUT2D eigenvalue weighted by atomic mass is 9.97. The van der Waals surface area contributed by atoms with Crippen molar-refractivity contribution >= 4 is 5.97 Å². The first-order valence-electron chi connectivity index (χ1n) is 7.96. The third kappa shape index (κ3) is 4.31. The zero-order chi connectivity index (χ0) is 19.6. The molecule has 7 N–H and O–H groups in total. The number of aliphatic hydroxyl groups excluding tert-OH is 7. The molecule has 12 heteroatoms. The first-order valence-corrected chi connectivity index (χ1v) is 7.96. The van der Waals surface area contributed by atoms with Crippen molar-refractivity contribution in [2.45, 2.75) is 68.3 Å². The Bertz CT molecular complexity index is 473. The molecule has 0 amide bonds. The number of carbonyl (C=O) groups is 1. The van der Waals surface area contributed by atoms with Crippen molar-refractivity contribution < 1.29 is 59.5 Å². The Morgan fingerprint density at radius 3 is 1.96 bits per heavy atom. The molecular weight excluding hydrogens is 360 g/mol. The number of hydrogen-bond acceptors (Lipinski definition) is 12. The van der Waals surface area contributed by atoms with Crippen molar-refractivity contribution in [2.75, 3.05) is 13.2 Å². The molecular formula is C14H24O12. The molecule has 0 aromatic carbocycles. The normalized spacial score (nSPS) is 46.8. The molecule has 0 aromatic heterocycles. The summed E-state index contributed by atoms with van der Waals surface area (Å²) in [6, 6.07) is 0. The fraction of sp³-hybridized carbons (Fsp3) is 0.929. The molecule has 6 unspecified atom stereocenters. The molecule has 10 atom stereocenters. The van der Waals surface area contributed by atoms with Gasteiger partial charge in [0.1, 0.15) is 42.7 Å². The van der Waals surface area contributed by atoms with Crippen LogP contribution in [0.5, 0.6) is 0 Å². The molecule has 2 heterocycles. The Morgan fingerprint density at radius 2 is 1.42 bits per heavy atom. The first-order chi connectivity index (χ1) is 12.2. The zero-order valence-electron chi connectivity index (χ0n) is 13.9. The van der Waals surface area contributed by atoms with Gasteiger partial charge < -0.3 is 54.7 Å². The number of hydrogen-bond donors (Lipinski definition) is 7. The minimum Gasteiger partial charge on any atom is -0.457 e. The van der Waals surface area contributed by atoms with Crippen LogP contribution in [0.2, 0.25) is 0 Å². The van der Waals surface area contributed by atoms with E-state index in [9.17, 15) is 35.4 Å². The summed E-state index contributed by atoms with van der Waals surface area (Å²) >= 11 is 0. The predicted molar refractivity (Wildman–Crippen MR) is 78.2 cm³/mol. The van der Waals surface area contributed by atoms with Crippen molar-refractivity contribution in [1.82, 2.24) is 0 Å². The first kappa shape index (κ1) is 21.4. The topological polar surface area (TPSA) is 196 Å². The largest absolute Gasteiger partial charge is 0.457 e. The molecule has 2 saturated heterocycles. The van der Waals surface area contributed by atoms with Crippen LogP contribution in [0.25, 0.3) is 0 Å². The van der Waals surface area contributed by atoms with E-state index in [0.29, 0.717) is 0 Å². The van der Waals surface area contributed by atoms with Crippen molar-refractivity contribution in [2.24, 2.45) is 0 Å². The quantitative estimate of drug-likeness (QED) is 0.224. The molecule has 0 aromatic rings. The standard InChI is InChI=1S/C14H24O12/c1-4(17)23-11-6(3-16)25-14(10(21)9(11)20)26-12-8(19)7(18)5(2-15)24-13(12)22/h5-16,18-22H,2-3H2,1H3/t5?,6?,7-,8?,9?,10?,11-,12?,13-,14+/m1/s1. The molecule has 0 saturated carbocycles. The van der Waals surface area contributed by atoms with E-state index in [-0.39, 0.29) is 0 Å². The fourth-order valence-corrected chi connectivity index (χ4v) is 2.88. The van der Waals surface area contributed by atoms with Crippen LogP contribution in [0, 0.1) is 0 Å². The maximum Gasteiger partial charge on any atom is 0.303 e. The third-order valence-corrected chi connectivity index (χ3v) is 4.26. The molecule has 2 rings (SSSR count). The van der Waals surface area contributed by atoms with Crippen LogP contribution in [0.4, 0.5) is 0 Å². The van der Waals surface area contributed by atoms with E-state index in [1.54, 1.807) is 0 Å². The minimum atomic E-state index is -1.78. The van der Waals surface area contributed by atoms with E-state index in [1.165, 1.54) is 0 Å². The van der Waals surface area contributed by atoms with E-state index in [1.807, 2.05) is 0 Å². The van der Waals surface area contributed by atoms with Gasteiger partial charge in [-0.05, 0) is 0 Å². The van der Waals surface area contributed by atoms with Crippen LogP contribution in [0.1, 0.15) is 6.92 Å². The van der Waals surface area contributed by atoms with E-state index >= 15 is 0 Å².